The molecule has 22 heavy (non-hydrogen) atoms. The van der Waals surface area contributed by atoms with Gasteiger partial charge in [0, 0.05) is 12.4 Å². The van der Waals surface area contributed by atoms with Gasteiger partial charge in [0.25, 0.3) is 0 Å². The van der Waals surface area contributed by atoms with E-state index < -0.39 is 0 Å². The summed E-state index contributed by atoms with van der Waals surface area (Å²) in [5, 5.41) is 8.86. The van der Waals surface area contributed by atoms with Crippen molar-refractivity contribution in [2.45, 2.75) is 19.4 Å². The fourth-order valence-corrected chi connectivity index (χ4v) is 2.71. The van der Waals surface area contributed by atoms with Crippen molar-refractivity contribution in [3.63, 3.8) is 0 Å². The Hall–Kier alpha value is -2.86. The van der Waals surface area contributed by atoms with Gasteiger partial charge >= 0.3 is 0 Å². The highest BCUT2D eigenvalue weighted by Gasteiger charge is 2.10. The van der Waals surface area contributed by atoms with Crippen LogP contribution in [0.1, 0.15) is 30.5 Å². The Balaban J connectivity index is 1.87. The van der Waals surface area contributed by atoms with E-state index in [4.69, 9.17) is 5.26 Å². The van der Waals surface area contributed by atoms with Gasteiger partial charge < -0.3 is 4.57 Å². The quantitative estimate of drug-likeness (QED) is 0.712. The molecule has 1 atom stereocenters. The van der Waals surface area contributed by atoms with Crippen LogP contribution >= 0.6 is 0 Å². The van der Waals surface area contributed by atoms with Crippen LogP contribution in [-0.2, 0) is 0 Å². The highest BCUT2D eigenvalue weighted by molar-refractivity contribution is 5.64. The normalized spacial score (nSPS) is 11.8. The van der Waals surface area contributed by atoms with Crippen LogP contribution in [0.3, 0.4) is 0 Å². The number of hydrogen-bond donors (Lipinski definition) is 0. The summed E-state index contributed by atoms with van der Waals surface area (Å²) >= 11 is 0. The van der Waals surface area contributed by atoms with Crippen molar-refractivity contribution in [2.75, 3.05) is 0 Å². The first-order valence-corrected chi connectivity index (χ1v) is 7.39. The molecule has 2 aromatic carbocycles. The Bertz CT molecular complexity index is 763. The lowest BCUT2D eigenvalue weighted by Crippen LogP contribution is -2.07. The molecule has 0 radical (unpaired) electrons. The summed E-state index contributed by atoms with van der Waals surface area (Å²) in [7, 11) is 0. The second-order valence-electron chi connectivity index (χ2n) is 5.25. The number of rotatable bonds is 4. The van der Waals surface area contributed by atoms with E-state index in [-0.39, 0.29) is 0 Å². The Morgan fingerprint density at radius 3 is 2.18 bits per heavy atom. The zero-order chi connectivity index (χ0) is 15.4. The van der Waals surface area contributed by atoms with Gasteiger partial charge in [-0.25, -0.2) is 4.98 Å². The second-order valence-corrected chi connectivity index (χ2v) is 5.25. The van der Waals surface area contributed by atoms with Gasteiger partial charge in [0.1, 0.15) is 0 Å². The van der Waals surface area contributed by atoms with Crippen LogP contribution < -0.4 is 0 Å². The van der Waals surface area contributed by atoms with Crippen LogP contribution in [0.4, 0.5) is 0 Å². The molecule has 0 aliphatic heterocycles. The number of imidazole rings is 1. The van der Waals surface area contributed by atoms with E-state index in [2.05, 4.69) is 46.8 Å². The third kappa shape index (κ3) is 2.77. The molecule has 3 nitrogen and oxygen atoms in total. The minimum Gasteiger partial charge on any atom is -0.330 e. The number of nitriles is 1. The van der Waals surface area contributed by atoms with Crippen molar-refractivity contribution in [1.82, 2.24) is 9.55 Å². The first-order valence-electron chi connectivity index (χ1n) is 7.39. The predicted octanol–water partition coefficient (Wildman–Crippen LogP) is 4.42. The first kappa shape index (κ1) is 14.1. The van der Waals surface area contributed by atoms with Crippen LogP contribution in [0.15, 0.2) is 67.3 Å². The molecule has 1 heterocycles. The molecule has 0 amide bonds. The van der Waals surface area contributed by atoms with E-state index >= 15 is 0 Å². The number of hydrogen-bond acceptors (Lipinski definition) is 2. The average Bonchev–Trinajstić information content (AvgIpc) is 3.11. The van der Waals surface area contributed by atoms with Gasteiger partial charge in [0.05, 0.1) is 24.0 Å². The van der Waals surface area contributed by atoms with E-state index in [1.54, 1.807) is 0 Å². The van der Waals surface area contributed by atoms with Crippen molar-refractivity contribution in [1.29, 1.82) is 5.26 Å². The number of nitrogens with zero attached hydrogens (tertiary/aromatic N) is 3. The SMILES string of the molecule is CCC(c1ccc(-c2ccc(C#N)cc2)cc1)n1ccnc1. The summed E-state index contributed by atoms with van der Waals surface area (Å²) in [4.78, 5) is 4.13. The largest absolute Gasteiger partial charge is 0.330 e. The van der Waals surface area contributed by atoms with Gasteiger partial charge in [-0.05, 0) is 35.2 Å². The molecule has 0 aliphatic rings. The molecule has 1 aromatic heterocycles. The smallest absolute Gasteiger partial charge is 0.0991 e. The van der Waals surface area contributed by atoms with Crippen LogP contribution in [0.2, 0.25) is 0 Å². The van der Waals surface area contributed by atoms with Crippen molar-refractivity contribution in [2.24, 2.45) is 0 Å². The Morgan fingerprint density at radius 2 is 1.68 bits per heavy atom. The molecule has 0 saturated carbocycles. The Kier molecular flexibility index (Phi) is 4.02. The van der Waals surface area contributed by atoms with Gasteiger partial charge in [0.15, 0.2) is 0 Å². The van der Waals surface area contributed by atoms with Crippen molar-refractivity contribution in [3.05, 3.63) is 78.4 Å². The topological polar surface area (TPSA) is 41.6 Å². The molecule has 3 rings (SSSR count). The van der Waals surface area contributed by atoms with Crippen LogP contribution in [0, 0.1) is 11.3 Å². The van der Waals surface area contributed by atoms with Gasteiger partial charge in [-0.1, -0.05) is 43.3 Å². The third-order valence-electron chi connectivity index (χ3n) is 3.91. The molecule has 0 aliphatic carbocycles. The third-order valence-corrected chi connectivity index (χ3v) is 3.91. The maximum atomic E-state index is 8.86. The molecule has 0 fully saturated rings. The second kappa shape index (κ2) is 6.28. The average molecular weight is 287 g/mol. The lowest BCUT2D eigenvalue weighted by atomic mass is 9.99. The Labute approximate surface area is 130 Å². The highest BCUT2D eigenvalue weighted by atomic mass is 15.0. The highest BCUT2D eigenvalue weighted by Crippen LogP contribution is 2.25. The predicted molar refractivity (Wildman–Crippen MR) is 87.3 cm³/mol. The lowest BCUT2D eigenvalue weighted by molar-refractivity contribution is 0.566. The van der Waals surface area contributed by atoms with Crippen molar-refractivity contribution < 1.29 is 0 Å². The van der Waals surface area contributed by atoms with E-state index in [0.717, 1.165) is 17.5 Å². The minimum absolute atomic E-state index is 0.317. The van der Waals surface area contributed by atoms with Gasteiger partial charge in [-0.15, -0.1) is 0 Å². The molecule has 3 heteroatoms. The zero-order valence-corrected chi connectivity index (χ0v) is 12.5. The van der Waals surface area contributed by atoms with E-state index in [9.17, 15) is 0 Å². The minimum atomic E-state index is 0.317. The molecule has 0 bridgehead atoms. The summed E-state index contributed by atoms with van der Waals surface area (Å²) in [6, 6.07) is 18.7. The molecule has 1 unspecified atom stereocenters. The molecule has 0 spiro atoms. The van der Waals surface area contributed by atoms with Crippen LogP contribution in [-0.4, -0.2) is 9.55 Å². The maximum absolute atomic E-state index is 8.86. The summed E-state index contributed by atoms with van der Waals surface area (Å²) in [5.41, 5.74) is 4.25. The number of benzene rings is 2. The van der Waals surface area contributed by atoms with Crippen LogP contribution in [0.5, 0.6) is 0 Å². The summed E-state index contributed by atoms with van der Waals surface area (Å²) < 4.78 is 2.14. The first-order chi connectivity index (χ1) is 10.8. The summed E-state index contributed by atoms with van der Waals surface area (Å²) in [5.74, 6) is 0. The molecular formula is C19H17N3. The maximum Gasteiger partial charge on any atom is 0.0991 e. The van der Waals surface area contributed by atoms with E-state index in [1.807, 2.05) is 43.0 Å². The molecule has 0 saturated heterocycles. The molecule has 108 valence electrons. The van der Waals surface area contributed by atoms with Crippen molar-refractivity contribution >= 4 is 0 Å². The van der Waals surface area contributed by atoms with Gasteiger partial charge in [0.2, 0.25) is 0 Å². The monoisotopic (exact) mass is 287 g/mol. The lowest BCUT2D eigenvalue weighted by Gasteiger charge is -2.17. The standard InChI is InChI=1S/C19H17N3/c1-2-19(22-12-11-21-14-22)18-9-7-17(8-10-18)16-5-3-15(13-20)4-6-16/h3-12,14,19H,2H2,1H3. The fourth-order valence-electron chi connectivity index (χ4n) is 2.71. The summed E-state index contributed by atoms with van der Waals surface area (Å²) in [6.07, 6.45) is 6.70. The molecule has 0 N–H and O–H groups in total. The zero-order valence-electron chi connectivity index (χ0n) is 12.5. The van der Waals surface area contributed by atoms with Gasteiger partial charge in [-0.3, -0.25) is 0 Å². The summed E-state index contributed by atoms with van der Waals surface area (Å²) in [6.45, 7) is 2.18. The van der Waals surface area contributed by atoms with E-state index in [1.165, 1.54) is 5.56 Å². The molecule has 3 aromatic rings. The van der Waals surface area contributed by atoms with Crippen molar-refractivity contribution in [3.8, 4) is 17.2 Å². The Morgan fingerprint density at radius 1 is 1.05 bits per heavy atom. The molecular weight excluding hydrogens is 270 g/mol. The van der Waals surface area contributed by atoms with Gasteiger partial charge in [-0.2, -0.15) is 5.26 Å². The fraction of sp³-hybridized carbons (Fsp3) is 0.158. The number of aromatic nitrogens is 2. The van der Waals surface area contributed by atoms with Crippen LogP contribution in [0.25, 0.3) is 11.1 Å². The van der Waals surface area contributed by atoms with E-state index in [0.29, 0.717) is 11.6 Å².